The molecule has 0 aromatic heterocycles. The van der Waals surface area contributed by atoms with Crippen LogP contribution in [0.2, 0.25) is 0 Å². The van der Waals surface area contributed by atoms with Gasteiger partial charge in [-0.25, -0.2) is 0 Å². The van der Waals surface area contributed by atoms with Gasteiger partial charge in [-0.1, -0.05) is 212 Å². The minimum Gasteiger partial charge on any atom is -0.396 e. The van der Waals surface area contributed by atoms with Crippen molar-refractivity contribution in [2.45, 2.75) is 225 Å². The largest absolute Gasteiger partial charge is 0.396 e. The summed E-state index contributed by atoms with van der Waals surface area (Å²) in [6.45, 7) is 1.25. The van der Waals surface area contributed by atoms with Crippen LogP contribution in [0, 0.1) is 0 Å². The molecule has 0 radical (unpaired) electrons. The summed E-state index contributed by atoms with van der Waals surface area (Å²) in [5.41, 5.74) is 5.55. The molecule has 39 heavy (non-hydrogen) atoms. The minimum absolute atomic E-state index is 0.373. The molecule has 0 aliphatic carbocycles. The van der Waals surface area contributed by atoms with Crippen molar-refractivity contribution in [2.24, 2.45) is 5.73 Å². The Labute approximate surface area is 248 Å². The molecule has 0 unspecified atom stereocenters. The highest BCUT2D eigenvalue weighted by molar-refractivity contribution is 4.53. The third-order valence-electron chi connectivity index (χ3n) is 8.86. The summed E-state index contributed by atoms with van der Waals surface area (Å²) in [7, 11) is 0. The van der Waals surface area contributed by atoms with Gasteiger partial charge in [-0.05, 0) is 19.4 Å². The molecule has 0 atom stereocenters. The van der Waals surface area contributed by atoms with Gasteiger partial charge in [-0.15, -0.1) is 0 Å². The second-order valence-corrected chi connectivity index (χ2v) is 12.9. The fraction of sp³-hybridized carbons (Fsp3) is 1.00. The summed E-state index contributed by atoms with van der Waals surface area (Å²) in [5, 5.41) is 8.79. The maximum absolute atomic E-state index is 8.79. The Hall–Kier alpha value is -0.0800. The highest BCUT2D eigenvalue weighted by Crippen LogP contribution is 2.17. The highest BCUT2D eigenvalue weighted by atomic mass is 16.2. The number of aliphatic hydroxyl groups is 1. The van der Waals surface area contributed by atoms with E-state index in [1.54, 1.807) is 0 Å². The third-order valence-corrected chi connectivity index (χ3v) is 8.86. The number of nitrogens with two attached hydrogens (primary N) is 1. The van der Waals surface area contributed by atoms with Crippen molar-refractivity contribution in [3.63, 3.8) is 0 Å². The quantitative estimate of drug-likeness (QED) is 0.0760. The fourth-order valence-electron chi connectivity index (χ4n) is 6.09. The van der Waals surface area contributed by atoms with Crippen LogP contribution in [0.4, 0.5) is 0 Å². The van der Waals surface area contributed by atoms with E-state index < -0.39 is 0 Å². The van der Waals surface area contributed by atoms with E-state index in [1.807, 2.05) is 0 Å². The smallest absolute Gasteiger partial charge is 0.0431 e. The van der Waals surface area contributed by atoms with E-state index in [4.69, 9.17) is 10.8 Å². The van der Waals surface area contributed by atoms with Gasteiger partial charge in [-0.3, -0.25) is 0 Å². The van der Waals surface area contributed by atoms with Crippen molar-refractivity contribution in [3.05, 3.63) is 0 Å². The highest BCUT2D eigenvalue weighted by Gasteiger charge is 1.97. The molecule has 0 saturated carbocycles. The van der Waals surface area contributed by atoms with Gasteiger partial charge in [0.05, 0.1) is 0 Å². The summed E-state index contributed by atoms with van der Waals surface area (Å²) in [4.78, 5) is 0. The molecule has 3 N–H and O–H groups in total. The standard InChI is InChI=1S/C37H77NO/c38-36-34-32-30-28-26-24-22-20-18-16-14-12-10-8-6-4-2-1-3-5-7-9-11-13-15-17-19-21-23-25-27-29-31-33-35-37-39/h39H,1-38H2. The Morgan fingerprint density at radius 1 is 0.205 bits per heavy atom. The van der Waals surface area contributed by atoms with Gasteiger partial charge in [0, 0.05) is 6.61 Å². The van der Waals surface area contributed by atoms with E-state index in [0.717, 1.165) is 13.0 Å². The van der Waals surface area contributed by atoms with Gasteiger partial charge in [-0.2, -0.15) is 0 Å². The average Bonchev–Trinajstić information content (AvgIpc) is 2.95. The van der Waals surface area contributed by atoms with Crippen LogP contribution in [0.3, 0.4) is 0 Å². The molecule has 0 aromatic rings. The predicted octanol–water partition coefficient (Wildman–Crippen LogP) is 12.6. The van der Waals surface area contributed by atoms with Crippen LogP contribution in [-0.4, -0.2) is 18.3 Å². The molecule has 2 heteroatoms. The van der Waals surface area contributed by atoms with Crippen molar-refractivity contribution >= 4 is 0 Å². The van der Waals surface area contributed by atoms with Gasteiger partial charge < -0.3 is 10.8 Å². The number of hydrogen-bond donors (Lipinski definition) is 2. The summed E-state index contributed by atoms with van der Waals surface area (Å²) < 4.78 is 0. The molecule has 0 aliphatic rings. The first kappa shape index (κ1) is 38.9. The van der Waals surface area contributed by atoms with Crippen LogP contribution < -0.4 is 5.73 Å². The van der Waals surface area contributed by atoms with Crippen molar-refractivity contribution in [2.75, 3.05) is 13.2 Å². The lowest BCUT2D eigenvalue weighted by Crippen LogP contribution is -1.97. The minimum atomic E-state index is 0.373. The molecule has 236 valence electrons. The molecule has 0 heterocycles. The van der Waals surface area contributed by atoms with E-state index in [9.17, 15) is 0 Å². The Bertz CT molecular complexity index is 363. The Balaban J connectivity index is 3.01. The van der Waals surface area contributed by atoms with E-state index in [0.29, 0.717) is 6.61 Å². The Kier molecular flexibility index (Phi) is 37.8. The zero-order chi connectivity index (χ0) is 28.2. The second kappa shape index (κ2) is 37.9. The summed E-state index contributed by atoms with van der Waals surface area (Å²) in [6, 6.07) is 0. The van der Waals surface area contributed by atoms with Gasteiger partial charge in [0.25, 0.3) is 0 Å². The molecule has 0 amide bonds. The maximum atomic E-state index is 8.79. The number of rotatable bonds is 36. The van der Waals surface area contributed by atoms with Crippen molar-refractivity contribution < 1.29 is 5.11 Å². The first-order chi connectivity index (χ1) is 19.4. The molecule has 0 aromatic carbocycles. The topological polar surface area (TPSA) is 46.2 Å². The second-order valence-electron chi connectivity index (χ2n) is 12.9. The lowest BCUT2D eigenvalue weighted by Gasteiger charge is -2.05. The lowest BCUT2D eigenvalue weighted by atomic mass is 10.0. The normalized spacial score (nSPS) is 11.5. The summed E-state index contributed by atoms with van der Waals surface area (Å²) in [6.07, 6.45) is 49.9. The molecule has 2 nitrogen and oxygen atoms in total. The zero-order valence-corrected chi connectivity index (χ0v) is 27.2. The van der Waals surface area contributed by atoms with Crippen LogP contribution in [0.15, 0.2) is 0 Å². The molecule has 0 bridgehead atoms. The van der Waals surface area contributed by atoms with E-state index >= 15 is 0 Å². The van der Waals surface area contributed by atoms with E-state index in [2.05, 4.69) is 0 Å². The third kappa shape index (κ3) is 37.9. The van der Waals surface area contributed by atoms with Crippen LogP contribution in [0.5, 0.6) is 0 Å². The van der Waals surface area contributed by atoms with Crippen molar-refractivity contribution in [1.82, 2.24) is 0 Å². The lowest BCUT2D eigenvalue weighted by molar-refractivity contribution is 0.282. The monoisotopic (exact) mass is 552 g/mol. The van der Waals surface area contributed by atoms with Crippen LogP contribution in [-0.2, 0) is 0 Å². The maximum Gasteiger partial charge on any atom is 0.0431 e. The van der Waals surface area contributed by atoms with Crippen molar-refractivity contribution in [1.29, 1.82) is 0 Å². The first-order valence-corrected chi connectivity index (χ1v) is 18.7. The number of aliphatic hydroxyl groups excluding tert-OH is 1. The summed E-state index contributed by atoms with van der Waals surface area (Å²) >= 11 is 0. The van der Waals surface area contributed by atoms with Gasteiger partial charge >= 0.3 is 0 Å². The fourth-order valence-corrected chi connectivity index (χ4v) is 6.09. The Morgan fingerprint density at radius 3 is 0.462 bits per heavy atom. The molecular formula is C37H77NO. The average molecular weight is 552 g/mol. The van der Waals surface area contributed by atoms with Crippen LogP contribution in [0.1, 0.15) is 225 Å². The number of unbranched alkanes of at least 4 members (excludes halogenated alkanes) is 34. The molecular weight excluding hydrogens is 474 g/mol. The number of hydrogen-bond acceptors (Lipinski definition) is 2. The van der Waals surface area contributed by atoms with Gasteiger partial charge in [0.15, 0.2) is 0 Å². The predicted molar refractivity (Wildman–Crippen MR) is 178 cm³/mol. The van der Waals surface area contributed by atoms with Crippen molar-refractivity contribution in [3.8, 4) is 0 Å². The molecule has 0 fully saturated rings. The summed E-state index contributed by atoms with van der Waals surface area (Å²) in [5.74, 6) is 0. The van der Waals surface area contributed by atoms with Crippen LogP contribution >= 0.6 is 0 Å². The molecule has 0 rings (SSSR count). The molecule has 0 spiro atoms. The molecule has 0 aliphatic heterocycles. The first-order valence-electron chi connectivity index (χ1n) is 18.7. The van der Waals surface area contributed by atoms with Gasteiger partial charge in [0.1, 0.15) is 0 Å². The van der Waals surface area contributed by atoms with E-state index in [1.165, 1.54) is 218 Å². The van der Waals surface area contributed by atoms with Crippen LogP contribution in [0.25, 0.3) is 0 Å². The van der Waals surface area contributed by atoms with Gasteiger partial charge in [0.2, 0.25) is 0 Å². The zero-order valence-electron chi connectivity index (χ0n) is 27.2. The molecule has 0 saturated heterocycles. The van der Waals surface area contributed by atoms with E-state index in [-0.39, 0.29) is 0 Å². The Morgan fingerprint density at radius 2 is 0.333 bits per heavy atom. The SMILES string of the molecule is NCCCCCCCCCCCCCCCCCCCCCCCCCCCCCCCCCCCCCO.